The standard InChI is InChI=1S/C9H6BrF5/c10-7(4-9(13,14)15)6-2-1-5(11)3-8(6)12/h1-3,7H,4H2. The number of alkyl halides is 4. The second kappa shape index (κ2) is 4.47. The Morgan fingerprint density at radius 2 is 1.80 bits per heavy atom. The predicted octanol–water partition coefficient (Wildman–Crippen LogP) is 4.35. The van der Waals surface area contributed by atoms with Crippen LogP contribution in [0.15, 0.2) is 18.2 Å². The normalized spacial score (nSPS) is 14.0. The van der Waals surface area contributed by atoms with Crippen LogP contribution in [-0.4, -0.2) is 6.18 Å². The maximum absolute atomic E-state index is 13.0. The van der Waals surface area contributed by atoms with Crippen LogP contribution < -0.4 is 0 Å². The average molecular weight is 289 g/mol. The van der Waals surface area contributed by atoms with Crippen molar-refractivity contribution in [1.29, 1.82) is 0 Å². The van der Waals surface area contributed by atoms with E-state index in [4.69, 9.17) is 0 Å². The Morgan fingerprint density at radius 1 is 1.20 bits per heavy atom. The Morgan fingerprint density at radius 3 is 2.27 bits per heavy atom. The quantitative estimate of drug-likeness (QED) is 0.560. The first-order valence-electron chi connectivity index (χ1n) is 3.95. The molecule has 6 heteroatoms. The topological polar surface area (TPSA) is 0 Å². The molecule has 0 N–H and O–H groups in total. The lowest BCUT2D eigenvalue weighted by Gasteiger charge is -2.13. The molecule has 0 spiro atoms. The van der Waals surface area contributed by atoms with Gasteiger partial charge in [-0.1, -0.05) is 22.0 Å². The third-order valence-electron chi connectivity index (χ3n) is 1.71. The van der Waals surface area contributed by atoms with E-state index in [2.05, 4.69) is 15.9 Å². The molecule has 0 heterocycles. The summed E-state index contributed by atoms with van der Waals surface area (Å²) in [4.78, 5) is -1.20. The molecule has 0 amide bonds. The van der Waals surface area contributed by atoms with Crippen molar-refractivity contribution in [2.45, 2.75) is 17.4 Å². The summed E-state index contributed by atoms with van der Waals surface area (Å²) < 4.78 is 61.4. The molecule has 1 aromatic carbocycles. The van der Waals surface area contributed by atoms with Crippen LogP contribution in [-0.2, 0) is 0 Å². The summed E-state index contributed by atoms with van der Waals surface area (Å²) in [5.74, 6) is -1.80. The van der Waals surface area contributed by atoms with Gasteiger partial charge in [-0.2, -0.15) is 13.2 Å². The Bertz CT molecular complexity index is 347. The van der Waals surface area contributed by atoms with Crippen molar-refractivity contribution in [2.75, 3.05) is 0 Å². The van der Waals surface area contributed by atoms with Gasteiger partial charge in [-0.3, -0.25) is 0 Å². The van der Waals surface area contributed by atoms with Gasteiger partial charge in [0.15, 0.2) is 0 Å². The highest BCUT2D eigenvalue weighted by atomic mass is 79.9. The van der Waals surface area contributed by atoms with Gasteiger partial charge in [0.25, 0.3) is 0 Å². The number of benzene rings is 1. The first kappa shape index (κ1) is 12.4. The Balaban J connectivity index is 2.87. The van der Waals surface area contributed by atoms with Crippen molar-refractivity contribution < 1.29 is 22.0 Å². The lowest BCUT2D eigenvalue weighted by atomic mass is 10.1. The highest BCUT2D eigenvalue weighted by Gasteiger charge is 2.32. The minimum atomic E-state index is -4.39. The van der Waals surface area contributed by atoms with E-state index in [1.54, 1.807) is 0 Å². The summed E-state index contributed by atoms with van der Waals surface area (Å²) in [5, 5.41) is 0. The van der Waals surface area contributed by atoms with Gasteiger partial charge in [-0.15, -0.1) is 0 Å². The highest BCUT2D eigenvalue weighted by molar-refractivity contribution is 9.09. The minimum absolute atomic E-state index is 0.200. The Labute approximate surface area is 91.2 Å². The Kier molecular flexibility index (Phi) is 3.70. The van der Waals surface area contributed by atoms with E-state index >= 15 is 0 Å². The number of halogens is 6. The van der Waals surface area contributed by atoms with Gasteiger partial charge < -0.3 is 0 Å². The number of rotatable bonds is 2. The van der Waals surface area contributed by atoms with E-state index in [0.717, 1.165) is 12.1 Å². The van der Waals surface area contributed by atoms with Crippen LogP contribution in [0.1, 0.15) is 16.8 Å². The molecule has 15 heavy (non-hydrogen) atoms. The van der Waals surface area contributed by atoms with Crippen LogP contribution in [0.25, 0.3) is 0 Å². The number of hydrogen-bond acceptors (Lipinski definition) is 0. The molecule has 0 nitrogen and oxygen atoms in total. The summed E-state index contributed by atoms with van der Waals surface area (Å²) in [6.45, 7) is 0. The summed E-state index contributed by atoms with van der Waals surface area (Å²) in [6.07, 6.45) is -5.59. The zero-order valence-corrected chi connectivity index (χ0v) is 8.87. The maximum Gasteiger partial charge on any atom is 0.390 e. The molecule has 0 radical (unpaired) electrons. The van der Waals surface area contributed by atoms with Crippen LogP contribution in [0, 0.1) is 11.6 Å². The highest BCUT2D eigenvalue weighted by Crippen LogP contribution is 2.36. The fourth-order valence-corrected chi connectivity index (χ4v) is 1.81. The molecule has 0 aromatic heterocycles. The van der Waals surface area contributed by atoms with Crippen LogP contribution in [0.4, 0.5) is 22.0 Å². The summed E-state index contributed by atoms with van der Waals surface area (Å²) in [6, 6.07) is 2.47. The predicted molar refractivity (Wildman–Crippen MR) is 48.7 cm³/mol. The van der Waals surface area contributed by atoms with Gasteiger partial charge in [-0.25, -0.2) is 8.78 Å². The third-order valence-corrected chi connectivity index (χ3v) is 2.53. The summed E-state index contributed by atoms with van der Waals surface area (Å²) in [7, 11) is 0. The van der Waals surface area contributed by atoms with Crippen molar-refractivity contribution >= 4 is 15.9 Å². The second-order valence-corrected chi connectivity index (χ2v) is 4.06. The molecule has 0 fully saturated rings. The molecule has 0 aliphatic carbocycles. The van der Waals surface area contributed by atoms with Gasteiger partial charge in [-0.05, 0) is 6.07 Å². The molecule has 1 atom stereocenters. The second-order valence-electron chi connectivity index (χ2n) is 2.95. The fraction of sp³-hybridized carbons (Fsp3) is 0.333. The first-order chi connectivity index (χ1) is 6.79. The zero-order chi connectivity index (χ0) is 11.6. The van der Waals surface area contributed by atoms with Gasteiger partial charge >= 0.3 is 6.18 Å². The molecule has 0 bridgehead atoms. The third kappa shape index (κ3) is 3.77. The van der Waals surface area contributed by atoms with Crippen molar-refractivity contribution in [1.82, 2.24) is 0 Å². The molecule has 0 aliphatic heterocycles. The van der Waals surface area contributed by atoms with E-state index in [1.165, 1.54) is 0 Å². The Hall–Kier alpha value is -0.650. The molecular weight excluding hydrogens is 283 g/mol. The van der Waals surface area contributed by atoms with Crippen molar-refractivity contribution in [3.8, 4) is 0 Å². The lowest BCUT2D eigenvalue weighted by molar-refractivity contribution is -0.134. The van der Waals surface area contributed by atoms with Gasteiger partial charge in [0.2, 0.25) is 0 Å². The van der Waals surface area contributed by atoms with E-state index in [9.17, 15) is 22.0 Å². The zero-order valence-electron chi connectivity index (χ0n) is 7.28. The number of hydrogen-bond donors (Lipinski definition) is 0. The van der Waals surface area contributed by atoms with Crippen LogP contribution in [0.3, 0.4) is 0 Å². The van der Waals surface area contributed by atoms with E-state index in [0.29, 0.717) is 6.07 Å². The monoisotopic (exact) mass is 288 g/mol. The molecule has 0 saturated heterocycles. The van der Waals surface area contributed by atoms with Crippen LogP contribution in [0.5, 0.6) is 0 Å². The maximum atomic E-state index is 13.0. The fourth-order valence-electron chi connectivity index (χ4n) is 1.07. The minimum Gasteiger partial charge on any atom is -0.207 e. The first-order valence-corrected chi connectivity index (χ1v) is 4.87. The van der Waals surface area contributed by atoms with Crippen LogP contribution in [0.2, 0.25) is 0 Å². The van der Waals surface area contributed by atoms with Crippen molar-refractivity contribution in [2.24, 2.45) is 0 Å². The molecule has 1 unspecified atom stereocenters. The van der Waals surface area contributed by atoms with E-state index < -0.39 is 29.1 Å². The van der Waals surface area contributed by atoms with Gasteiger partial charge in [0.1, 0.15) is 11.6 Å². The molecule has 1 rings (SSSR count). The lowest BCUT2D eigenvalue weighted by Crippen LogP contribution is -2.11. The van der Waals surface area contributed by atoms with Crippen LogP contribution >= 0.6 is 15.9 Å². The van der Waals surface area contributed by atoms with Crippen molar-refractivity contribution in [3.63, 3.8) is 0 Å². The summed E-state index contributed by atoms with van der Waals surface area (Å²) >= 11 is 2.71. The average Bonchev–Trinajstić information content (AvgIpc) is 1.99. The molecular formula is C9H6BrF5. The molecule has 0 saturated carbocycles. The summed E-state index contributed by atoms with van der Waals surface area (Å²) in [5.41, 5.74) is -0.200. The SMILES string of the molecule is Fc1ccc(C(Br)CC(F)(F)F)c(F)c1. The smallest absolute Gasteiger partial charge is 0.207 e. The molecule has 84 valence electrons. The molecule has 1 aromatic rings. The van der Waals surface area contributed by atoms with Gasteiger partial charge in [0, 0.05) is 11.6 Å². The van der Waals surface area contributed by atoms with Gasteiger partial charge in [0.05, 0.1) is 11.2 Å². The van der Waals surface area contributed by atoms with Crippen molar-refractivity contribution in [3.05, 3.63) is 35.4 Å². The van der Waals surface area contributed by atoms with E-state index in [1.807, 2.05) is 0 Å². The largest absolute Gasteiger partial charge is 0.390 e. The molecule has 0 aliphatic rings. The van der Waals surface area contributed by atoms with E-state index in [-0.39, 0.29) is 5.56 Å².